The van der Waals surface area contributed by atoms with E-state index in [0.717, 1.165) is 38.6 Å². The van der Waals surface area contributed by atoms with Gasteiger partial charge in [-0.2, -0.15) is 0 Å². The van der Waals surface area contributed by atoms with E-state index < -0.39 is 0 Å². The molecule has 0 radical (unpaired) electrons. The van der Waals surface area contributed by atoms with Gasteiger partial charge in [0.2, 0.25) is 0 Å². The predicted molar refractivity (Wildman–Crippen MR) is 81.5 cm³/mol. The molecule has 0 unspecified atom stereocenters. The highest BCUT2D eigenvalue weighted by Gasteiger charge is 2.25. The van der Waals surface area contributed by atoms with E-state index in [1.807, 2.05) is 0 Å². The Kier molecular flexibility index (Phi) is 4.71. The van der Waals surface area contributed by atoms with Crippen LogP contribution >= 0.6 is 0 Å². The summed E-state index contributed by atoms with van der Waals surface area (Å²) in [5.41, 5.74) is 1.34. The SMILES string of the molecule is O[C@H]1CN(Cc2ccccc2)CCN(CC2CCC2)C1. The zero-order valence-electron chi connectivity index (χ0n) is 12.2. The molecular formula is C17H26N2O. The number of benzene rings is 1. The Morgan fingerprint density at radius 2 is 1.70 bits per heavy atom. The van der Waals surface area contributed by atoms with Gasteiger partial charge in [0, 0.05) is 39.3 Å². The summed E-state index contributed by atoms with van der Waals surface area (Å²) in [4.78, 5) is 4.86. The molecule has 0 spiro atoms. The lowest BCUT2D eigenvalue weighted by Crippen LogP contribution is -2.38. The molecule has 1 heterocycles. The van der Waals surface area contributed by atoms with Crippen LogP contribution in [-0.2, 0) is 6.54 Å². The molecule has 1 aliphatic carbocycles. The highest BCUT2D eigenvalue weighted by atomic mass is 16.3. The lowest BCUT2D eigenvalue weighted by molar-refractivity contribution is 0.0958. The van der Waals surface area contributed by atoms with Crippen molar-refractivity contribution in [2.75, 3.05) is 32.7 Å². The number of nitrogens with zero attached hydrogens (tertiary/aromatic N) is 2. The van der Waals surface area contributed by atoms with Crippen molar-refractivity contribution >= 4 is 0 Å². The summed E-state index contributed by atoms with van der Waals surface area (Å²) in [6, 6.07) is 10.6. The minimum absolute atomic E-state index is 0.207. The first-order valence-electron chi connectivity index (χ1n) is 7.96. The summed E-state index contributed by atoms with van der Waals surface area (Å²) in [5.74, 6) is 0.892. The normalized spacial score (nSPS) is 26.1. The number of aliphatic hydroxyl groups excluding tert-OH is 1. The molecule has 3 heteroatoms. The lowest BCUT2D eigenvalue weighted by Gasteiger charge is -2.32. The van der Waals surface area contributed by atoms with Crippen molar-refractivity contribution in [3.05, 3.63) is 35.9 Å². The molecule has 1 saturated carbocycles. The summed E-state index contributed by atoms with van der Waals surface area (Å²) in [7, 11) is 0. The van der Waals surface area contributed by atoms with Crippen molar-refractivity contribution in [2.45, 2.75) is 31.9 Å². The van der Waals surface area contributed by atoms with E-state index in [-0.39, 0.29) is 6.10 Å². The molecule has 1 atom stereocenters. The molecule has 3 nitrogen and oxygen atoms in total. The van der Waals surface area contributed by atoms with Gasteiger partial charge >= 0.3 is 0 Å². The van der Waals surface area contributed by atoms with Crippen LogP contribution in [0.4, 0.5) is 0 Å². The third kappa shape index (κ3) is 3.81. The maximum atomic E-state index is 10.2. The minimum atomic E-state index is -0.207. The Balaban J connectivity index is 1.53. The third-order valence-electron chi connectivity index (χ3n) is 4.66. The molecule has 110 valence electrons. The molecule has 1 aliphatic heterocycles. The van der Waals surface area contributed by atoms with Gasteiger partial charge in [-0.25, -0.2) is 0 Å². The quantitative estimate of drug-likeness (QED) is 0.909. The van der Waals surface area contributed by atoms with E-state index in [9.17, 15) is 5.11 Å². The summed E-state index contributed by atoms with van der Waals surface area (Å²) in [5, 5.41) is 10.2. The van der Waals surface area contributed by atoms with Crippen molar-refractivity contribution in [1.82, 2.24) is 9.80 Å². The molecule has 20 heavy (non-hydrogen) atoms. The maximum Gasteiger partial charge on any atom is 0.0793 e. The molecule has 0 bridgehead atoms. The zero-order chi connectivity index (χ0) is 13.8. The number of aliphatic hydroxyl groups is 1. The Bertz CT molecular complexity index is 405. The summed E-state index contributed by atoms with van der Waals surface area (Å²) in [6.45, 7) is 5.96. The first-order chi connectivity index (χ1) is 9.79. The van der Waals surface area contributed by atoms with Gasteiger partial charge in [0.1, 0.15) is 0 Å². The van der Waals surface area contributed by atoms with Crippen LogP contribution in [0.5, 0.6) is 0 Å². The van der Waals surface area contributed by atoms with Crippen molar-refractivity contribution in [1.29, 1.82) is 0 Å². The Hall–Kier alpha value is -0.900. The largest absolute Gasteiger partial charge is 0.390 e. The molecule has 2 fully saturated rings. The van der Waals surface area contributed by atoms with E-state index in [2.05, 4.69) is 40.1 Å². The monoisotopic (exact) mass is 274 g/mol. The van der Waals surface area contributed by atoms with Gasteiger partial charge in [0.05, 0.1) is 6.10 Å². The summed E-state index contributed by atoms with van der Waals surface area (Å²) in [6.07, 6.45) is 3.98. The van der Waals surface area contributed by atoms with E-state index in [0.29, 0.717) is 0 Å². The first kappa shape index (κ1) is 14.1. The average Bonchev–Trinajstić information content (AvgIpc) is 2.57. The number of hydrogen-bond acceptors (Lipinski definition) is 3. The van der Waals surface area contributed by atoms with Crippen molar-refractivity contribution in [3.8, 4) is 0 Å². The van der Waals surface area contributed by atoms with Crippen LogP contribution in [0.2, 0.25) is 0 Å². The van der Waals surface area contributed by atoms with Gasteiger partial charge in [0.25, 0.3) is 0 Å². The maximum absolute atomic E-state index is 10.2. The van der Waals surface area contributed by atoms with E-state index in [1.165, 1.54) is 31.4 Å². The average molecular weight is 274 g/mol. The van der Waals surface area contributed by atoms with Crippen LogP contribution in [0, 0.1) is 5.92 Å². The van der Waals surface area contributed by atoms with Gasteiger partial charge in [-0.05, 0) is 24.3 Å². The minimum Gasteiger partial charge on any atom is -0.390 e. The van der Waals surface area contributed by atoms with Gasteiger partial charge in [0.15, 0.2) is 0 Å². The second-order valence-corrected chi connectivity index (χ2v) is 6.43. The third-order valence-corrected chi connectivity index (χ3v) is 4.66. The van der Waals surface area contributed by atoms with Gasteiger partial charge < -0.3 is 5.11 Å². The van der Waals surface area contributed by atoms with Crippen LogP contribution in [0.3, 0.4) is 0 Å². The summed E-state index contributed by atoms with van der Waals surface area (Å²) < 4.78 is 0. The van der Waals surface area contributed by atoms with Crippen LogP contribution in [0.1, 0.15) is 24.8 Å². The topological polar surface area (TPSA) is 26.7 Å². The fourth-order valence-corrected chi connectivity index (χ4v) is 3.31. The number of hydrogen-bond donors (Lipinski definition) is 1. The van der Waals surface area contributed by atoms with Gasteiger partial charge in [-0.3, -0.25) is 9.80 Å². The Morgan fingerprint density at radius 3 is 2.40 bits per heavy atom. The fourth-order valence-electron chi connectivity index (χ4n) is 3.31. The molecule has 1 saturated heterocycles. The van der Waals surface area contributed by atoms with Crippen LogP contribution in [0.15, 0.2) is 30.3 Å². The van der Waals surface area contributed by atoms with E-state index >= 15 is 0 Å². The molecule has 1 aromatic rings. The van der Waals surface area contributed by atoms with Crippen LogP contribution < -0.4 is 0 Å². The van der Waals surface area contributed by atoms with Crippen molar-refractivity contribution in [2.24, 2.45) is 5.92 Å². The first-order valence-corrected chi connectivity index (χ1v) is 7.96. The zero-order valence-corrected chi connectivity index (χ0v) is 12.2. The predicted octanol–water partition coefficient (Wildman–Crippen LogP) is 1.97. The fraction of sp³-hybridized carbons (Fsp3) is 0.647. The molecule has 0 amide bonds. The second kappa shape index (κ2) is 6.70. The summed E-state index contributed by atoms with van der Waals surface area (Å²) >= 11 is 0. The molecule has 1 N–H and O–H groups in total. The van der Waals surface area contributed by atoms with Crippen molar-refractivity contribution < 1.29 is 5.11 Å². The Morgan fingerprint density at radius 1 is 1.00 bits per heavy atom. The Labute approximate surface area is 122 Å². The van der Waals surface area contributed by atoms with Crippen LogP contribution in [0.25, 0.3) is 0 Å². The molecule has 1 aromatic carbocycles. The van der Waals surface area contributed by atoms with Crippen LogP contribution in [-0.4, -0.2) is 53.7 Å². The molecule has 3 rings (SSSR count). The van der Waals surface area contributed by atoms with Gasteiger partial charge in [-0.1, -0.05) is 36.8 Å². The standard InChI is InChI=1S/C17H26N2O/c20-17-13-18(11-15-5-2-1-3-6-15)9-10-19(14-17)12-16-7-4-8-16/h1-3,5-6,16-17,20H,4,7-14H2/t17-/m0/s1. The molecule has 2 aliphatic rings. The number of rotatable bonds is 4. The smallest absolute Gasteiger partial charge is 0.0793 e. The second-order valence-electron chi connectivity index (χ2n) is 6.43. The van der Waals surface area contributed by atoms with Crippen molar-refractivity contribution in [3.63, 3.8) is 0 Å². The highest BCUT2D eigenvalue weighted by molar-refractivity contribution is 5.14. The number of β-amino-alcohol motifs (C(OH)–C–C–N with tert-alkyl or cyclic N) is 1. The molecule has 0 aromatic heterocycles. The lowest BCUT2D eigenvalue weighted by atomic mass is 9.85. The molecular weight excluding hydrogens is 248 g/mol. The van der Waals surface area contributed by atoms with E-state index in [4.69, 9.17) is 0 Å². The highest BCUT2D eigenvalue weighted by Crippen LogP contribution is 2.27. The van der Waals surface area contributed by atoms with Gasteiger partial charge in [-0.15, -0.1) is 0 Å². The van der Waals surface area contributed by atoms with E-state index in [1.54, 1.807) is 0 Å².